The topological polar surface area (TPSA) is 68.8 Å². The van der Waals surface area contributed by atoms with E-state index >= 15 is 0 Å². The van der Waals surface area contributed by atoms with Crippen molar-refractivity contribution in [2.45, 2.75) is 51.2 Å². The van der Waals surface area contributed by atoms with Gasteiger partial charge in [-0.05, 0) is 38.3 Å². The van der Waals surface area contributed by atoms with E-state index in [1.807, 2.05) is 0 Å². The highest BCUT2D eigenvalue weighted by Crippen LogP contribution is 2.20. The van der Waals surface area contributed by atoms with Crippen molar-refractivity contribution < 1.29 is 4.79 Å². The number of hydrogen-bond acceptors (Lipinski definition) is 3. The van der Waals surface area contributed by atoms with Gasteiger partial charge in [-0.2, -0.15) is 0 Å². The molecule has 0 aliphatic carbocycles. The fourth-order valence-corrected chi connectivity index (χ4v) is 3.69. The Kier molecular flexibility index (Phi) is 9.33. The van der Waals surface area contributed by atoms with Crippen LogP contribution in [0.3, 0.4) is 0 Å². The average molecular weight is 485 g/mol. The summed E-state index contributed by atoms with van der Waals surface area (Å²) in [6, 6.07) is 11.4. The van der Waals surface area contributed by atoms with Crippen LogP contribution < -0.4 is 16.0 Å². The lowest BCUT2D eigenvalue weighted by atomic mass is 10.1. The summed E-state index contributed by atoms with van der Waals surface area (Å²) in [5.74, 6) is 1.01. The Balaban J connectivity index is 0.00000261. The molecule has 2 atom stereocenters. The number of aliphatic imine (C=N–C) groups is 1. The van der Waals surface area contributed by atoms with Gasteiger partial charge in [-0.15, -0.1) is 24.0 Å². The molecule has 150 valence electrons. The number of halogens is 1. The molecular formula is C20H32IN5O. The Bertz CT molecular complexity index is 600. The highest BCUT2D eigenvalue weighted by Gasteiger charge is 2.24. The van der Waals surface area contributed by atoms with Gasteiger partial charge in [0, 0.05) is 38.1 Å². The van der Waals surface area contributed by atoms with Gasteiger partial charge in [0.1, 0.15) is 0 Å². The van der Waals surface area contributed by atoms with E-state index in [0.717, 1.165) is 38.6 Å². The minimum absolute atomic E-state index is 0. The normalized spacial score (nSPS) is 23.4. The van der Waals surface area contributed by atoms with Crippen molar-refractivity contribution >= 4 is 35.8 Å². The van der Waals surface area contributed by atoms with Gasteiger partial charge in [0.2, 0.25) is 5.91 Å². The number of likely N-dealkylation sites (tertiary alicyclic amines) is 1. The zero-order valence-electron chi connectivity index (χ0n) is 16.1. The maximum Gasteiger partial charge on any atom is 0.220 e. The van der Waals surface area contributed by atoms with Gasteiger partial charge in [0.25, 0.3) is 0 Å². The highest BCUT2D eigenvalue weighted by atomic mass is 127. The van der Waals surface area contributed by atoms with E-state index in [4.69, 9.17) is 4.99 Å². The van der Waals surface area contributed by atoms with Crippen LogP contribution in [0.4, 0.5) is 0 Å². The van der Waals surface area contributed by atoms with Crippen molar-refractivity contribution in [1.29, 1.82) is 0 Å². The fraction of sp³-hybridized carbons (Fsp3) is 0.600. The van der Waals surface area contributed by atoms with Crippen molar-refractivity contribution in [2.75, 3.05) is 26.2 Å². The number of guanidine groups is 1. The third-order valence-corrected chi connectivity index (χ3v) is 5.14. The molecule has 2 aliphatic heterocycles. The maximum absolute atomic E-state index is 11.3. The van der Waals surface area contributed by atoms with Crippen LogP contribution in [0.25, 0.3) is 0 Å². The van der Waals surface area contributed by atoms with Gasteiger partial charge in [0.05, 0.1) is 6.54 Å². The minimum atomic E-state index is 0. The summed E-state index contributed by atoms with van der Waals surface area (Å²) in [6.07, 6.45) is 3.89. The molecule has 0 spiro atoms. The van der Waals surface area contributed by atoms with Gasteiger partial charge in [-0.3, -0.25) is 14.7 Å². The lowest BCUT2D eigenvalue weighted by molar-refractivity contribution is -0.122. The van der Waals surface area contributed by atoms with Crippen LogP contribution in [0.5, 0.6) is 0 Å². The SMILES string of the molecule is CCNC(=NCC1CCCN1Cc1ccccc1)NC1CCC(=O)NC1.I. The minimum Gasteiger partial charge on any atom is -0.357 e. The van der Waals surface area contributed by atoms with Crippen molar-refractivity contribution in [3.8, 4) is 0 Å². The molecule has 2 heterocycles. The van der Waals surface area contributed by atoms with Crippen molar-refractivity contribution in [3.05, 3.63) is 35.9 Å². The Labute approximate surface area is 179 Å². The van der Waals surface area contributed by atoms with Gasteiger partial charge in [-0.1, -0.05) is 30.3 Å². The number of piperidine rings is 1. The number of nitrogens with one attached hydrogen (secondary N) is 3. The standard InChI is InChI=1S/C20H31N5O.HI/c1-2-21-20(24-17-10-11-19(26)22-13-17)23-14-18-9-6-12-25(18)15-16-7-4-3-5-8-16;/h3-5,7-8,17-18H,2,6,9-15H2,1H3,(H,22,26)(H2,21,23,24);1H. The summed E-state index contributed by atoms with van der Waals surface area (Å²) in [5.41, 5.74) is 1.37. The Morgan fingerprint density at radius 2 is 2.11 bits per heavy atom. The summed E-state index contributed by atoms with van der Waals surface area (Å²) in [5, 5.41) is 9.73. The summed E-state index contributed by atoms with van der Waals surface area (Å²) in [4.78, 5) is 18.7. The second-order valence-corrected chi connectivity index (χ2v) is 7.16. The van der Waals surface area contributed by atoms with Gasteiger partial charge in [-0.25, -0.2) is 0 Å². The van der Waals surface area contributed by atoms with Crippen LogP contribution in [0, 0.1) is 0 Å². The van der Waals surface area contributed by atoms with E-state index in [2.05, 4.69) is 58.1 Å². The molecule has 7 heteroatoms. The summed E-state index contributed by atoms with van der Waals surface area (Å²) >= 11 is 0. The lowest BCUT2D eigenvalue weighted by Gasteiger charge is -2.26. The summed E-state index contributed by atoms with van der Waals surface area (Å²) < 4.78 is 0. The number of hydrogen-bond donors (Lipinski definition) is 3. The predicted octanol–water partition coefficient (Wildman–Crippen LogP) is 2.10. The molecule has 0 aromatic heterocycles. The molecule has 1 amide bonds. The largest absolute Gasteiger partial charge is 0.357 e. The first-order valence-corrected chi connectivity index (χ1v) is 9.84. The van der Waals surface area contributed by atoms with E-state index in [0.29, 0.717) is 19.0 Å². The van der Waals surface area contributed by atoms with Gasteiger partial charge >= 0.3 is 0 Å². The molecule has 1 aromatic carbocycles. The fourth-order valence-electron chi connectivity index (χ4n) is 3.69. The van der Waals surface area contributed by atoms with Gasteiger partial charge in [0.15, 0.2) is 5.96 Å². The maximum atomic E-state index is 11.3. The molecule has 3 N–H and O–H groups in total. The summed E-state index contributed by atoms with van der Waals surface area (Å²) in [7, 11) is 0. The zero-order chi connectivity index (χ0) is 18.2. The molecule has 6 nitrogen and oxygen atoms in total. The van der Waals surface area contributed by atoms with Crippen LogP contribution in [-0.2, 0) is 11.3 Å². The second-order valence-electron chi connectivity index (χ2n) is 7.16. The number of amides is 1. The first-order chi connectivity index (χ1) is 12.7. The van der Waals surface area contributed by atoms with Crippen molar-refractivity contribution in [1.82, 2.24) is 20.9 Å². The number of benzene rings is 1. The number of carbonyl (C=O) groups excluding carboxylic acids is 1. The van der Waals surface area contributed by atoms with Crippen LogP contribution in [0.1, 0.15) is 38.2 Å². The van der Waals surface area contributed by atoms with E-state index in [9.17, 15) is 4.79 Å². The first-order valence-electron chi connectivity index (χ1n) is 9.84. The summed E-state index contributed by atoms with van der Waals surface area (Å²) in [6.45, 7) is 6.54. The van der Waals surface area contributed by atoms with Crippen LogP contribution >= 0.6 is 24.0 Å². The molecule has 27 heavy (non-hydrogen) atoms. The smallest absolute Gasteiger partial charge is 0.220 e. The molecule has 1 aromatic rings. The zero-order valence-corrected chi connectivity index (χ0v) is 18.4. The van der Waals surface area contributed by atoms with Crippen LogP contribution in [0.2, 0.25) is 0 Å². The van der Waals surface area contributed by atoms with Gasteiger partial charge < -0.3 is 16.0 Å². The Morgan fingerprint density at radius 3 is 2.81 bits per heavy atom. The Hall–Kier alpha value is -1.35. The highest BCUT2D eigenvalue weighted by molar-refractivity contribution is 14.0. The monoisotopic (exact) mass is 485 g/mol. The van der Waals surface area contributed by atoms with E-state index in [-0.39, 0.29) is 35.9 Å². The molecule has 2 unspecified atom stereocenters. The number of carbonyl (C=O) groups is 1. The van der Waals surface area contributed by atoms with Crippen molar-refractivity contribution in [3.63, 3.8) is 0 Å². The van der Waals surface area contributed by atoms with Crippen molar-refractivity contribution in [2.24, 2.45) is 4.99 Å². The third kappa shape index (κ3) is 6.95. The van der Waals surface area contributed by atoms with Crippen LogP contribution in [0.15, 0.2) is 35.3 Å². The third-order valence-electron chi connectivity index (χ3n) is 5.14. The predicted molar refractivity (Wildman–Crippen MR) is 120 cm³/mol. The molecule has 0 radical (unpaired) electrons. The molecule has 2 aliphatic rings. The molecule has 2 saturated heterocycles. The first kappa shape index (κ1) is 21.9. The average Bonchev–Trinajstić information content (AvgIpc) is 3.09. The Morgan fingerprint density at radius 1 is 1.30 bits per heavy atom. The van der Waals surface area contributed by atoms with E-state index < -0.39 is 0 Å². The quantitative estimate of drug-likeness (QED) is 0.328. The number of nitrogens with zero attached hydrogens (tertiary/aromatic N) is 2. The lowest BCUT2D eigenvalue weighted by Crippen LogP contribution is -2.51. The second kappa shape index (κ2) is 11.5. The molecule has 2 fully saturated rings. The van der Waals surface area contributed by atoms with E-state index in [1.54, 1.807) is 0 Å². The molecule has 0 saturated carbocycles. The van der Waals surface area contributed by atoms with Crippen LogP contribution in [-0.4, -0.2) is 55.0 Å². The molecule has 0 bridgehead atoms. The van der Waals surface area contributed by atoms with E-state index in [1.165, 1.54) is 18.4 Å². The number of rotatable bonds is 6. The molecular weight excluding hydrogens is 453 g/mol. The molecule has 3 rings (SSSR count).